The Morgan fingerprint density at radius 1 is 0.895 bits per heavy atom. The van der Waals surface area contributed by atoms with E-state index in [1.165, 1.54) is 11.5 Å². The van der Waals surface area contributed by atoms with Crippen molar-refractivity contribution in [3.05, 3.63) is 67.3 Å². The lowest BCUT2D eigenvalue weighted by molar-refractivity contribution is -0.128. The monoisotopic (exact) mass is 248 g/mol. The van der Waals surface area contributed by atoms with E-state index in [1.807, 2.05) is 36.4 Å². The largest absolute Gasteiger partial charge is 0.423 e. The molecule has 2 heteroatoms. The van der Waals surface area contributed by atoms with E-state index in [4.69, 9.17) is 4.74 Å². The first kappa shape index (κ1) is 11.5. The van der Waals surface area contributed by atoms with Crippen molar-refractivity contribution in [2.24, 2.45) is 0 Å². The van der Waals surface area contributed by atoms with Gasteiger partial charge in [-0.3, -0.25) is 0 Å². The van der Waals surface area contributed by atoms with Crippen LogP contribution in [0.2, 0.25) is 0 Å². The van der Waals surface area contributed by atoms with Gasteiger partial charge in [0.25, 0.3) is 0 Å². The fourth-order valence-electron chi connectivity index (χ4n) is 2.25. The predicted molar refractivity (Wildman–Crippen MR) is 77.3 cm³/mol. The van der Waals surface area contributed by atoms with Crippen molar-refractivity contribution in [2.45, 2.75) is 0 Å². The van der Waals surface area contributed by atoms with Gasteiger partial charge in [-0.1, -0.05) is 49.0 Å². The van der Waals surface area contributed by atoms with Gasteiger partial charge < -0.3 is 4.74 Å². The van der Waals surface area contributed by atoms with Gasteiger partial charge in [0.05, 0.1) is 0 Å². The van der Waals surface area contributed by atoms with Crippen molar-refractivity contribution in [1.82, 2.24) is 0 Å². The standard InChI is InChI=1S/C17H12O2/c1-2-17(18)19-16-9-5-8-14-13-7-4-3-6-12(13)10-11-15(14)16/h2-11H,1H2. The highest BCUT2D eigenvalue weighted by Crippen LogP contribution is 2.31. The molecule has 0 amide bonds. The second-order valence-corrected chi connectivity index (χ2v) is 4.26. The zero-order valence-electron chi connectivity index (χ0n) is 10.3. The first-order valence-electron chi connectivity index (χ1n) is 6.04. The molecule has 0 aliphatic carbocycles. The number of fused-ring (bicyclic) bond motifs is 3. The minimum atomic E-state index is -0.444. The maximum absolute atomic E-state index is 11.3. The topological polar surface area (TPSA) is 26.3 Å². The third-order valence-corrected chi connectivity index (χ3v) is 3.12. The van der Waals surface area contributed by atoms with Gasteiger partial charge in [0.2, 0.25) is 0 Å². The Kier molecular flexibility index (Phi) is 2.76. The van der Waals surface area contributed by atoms with Crippen LogP contribution in [-0.2, 0) is 4.79 Å². The van der Waals surface area contributed by atoms with Crippen LogP contribution in [0.5, 0.6) is 5.75 Å². The maximum Gasteiger partial charge on any atom is 0.335 e. The zero-order chi connectivity index (χ0) is 13.2. The van der Waals surface area contributed by atoms with Gasteiger partial charge in [0.15, 0.2) is 0 Å². The molecule has 0 aliphatic heterocycles. The second kappa shape index (κ2) is 4.58. The zero-order valence-corrected chi connectivity index (χ0v) is 10.3. The van der Waals surface area contributed by atoms with E-state index in [0.717, 1.165) is 16.2 Å². The highest BCUT2D eigenvalue weighted by atomic mass is 16.5. The van der Waals surface area contributed by atoms with Gasteiger partial charge in [-0.05, 0) is 28.3 Å². The van der Waals surface area contributed by atoms with Crippen LogP contribution in [0.25, 0.3) is 21.5 Å². The van der Waals surface area contributed by atoms with Gasteiger partial charge in [-0.2, -0.15) is 0 Å². The Balaban J connectivity index is 2.28. The van der Waals surface area contributed by atoms with Crippen LogP contribution in [0.1, 0.15) is 0 Å². The molecule has 0 heterocycles. The van der Waals surface area contributed by atoms with E-state index in [-0.39, 0.29) is 0 Å². The SMILES string of the molecule is C=CC(=O)Oc1cccc2c1ccc1ccccc12. The summed E-state index contributed by atoms with van der Waals surface area (Å²) in [5.41, 5.74) is 0. The Bertz CT molecular complexity index is 787. The average Bonchev–Trinajstić information content (AvgIpc) is 2.47. The summed E-state index contributed by atoms with van der Waals surface area (Å²) in [6.45, 7) is 3.41. The molecule has 0 aromatic heterocycles. The first-order valence-corrected chi connectivity index (χ1v) is 6.04. The molecule has 3 aromatic carbocycles. The normalized spacial score (nSPS) is 10.5. The number of ether oxygens (including phenoxy) is 1. The van der Waals surface area contributed by atoms with Gasteiger partial charge in [-0.25, -0.2) is 4.79 Å². The lowest BCUT2D eigenvalue weighted by Crippen LogP contribution is -2.03. The summed E-state index contributed by atoms with van der Waals surface area (Å²) >= 11 is 0. The number of carbonyl (C=O) groups is 1. The molecule has 0 unspecified atom stereocenters. The van der Waals surface area contributed by atoms with E-state index < -0.39 is 5.97 Å². The van der Waals surface area contributed by atoms with Crippen LogP contribution in [0.3, 0.4) is 0 Å². The van der Waals surface area contributed by atoms with Crippen molar-refractivity contribution in [1.29, 1.82) is 0 Å². The highest BCUT2D eigenvalue weighted by molar-refractivity contribution is 6.09. The van der Waals surface area contributed by atoms with Crippen LogP contribution >= 0.6 is 0 Å². The second-order valence-electron chi connectivity index (χ2n) is 4.26. The molecule has 3 aromatic rings. The third kappa shape index (κ3) is 1.97. The number of benzene rings is 3. The summed E-state index contributed by atoms with van der Waals surface area (Å²) < 4.78 is 5.27. The number of hydrogen-bond donors (Lipinski definition) is 0. The molecule has 0 saturated heterocycles. The molecule has 19 heavy (non-hydrogen) atoms. The van der Waals surface area contributed by atoms with Crippen LogP contribution < -0.4 is 4.74 Å². The van der Waals surface area contributed by atoms with E-state index >= 15 is 0 Å². The molecular formula is C17H12O2. The molecule has 0 N–H and O–H groups in total. The Morgan fingerprint density at radius 2 is 1.68 bits per heavy atom. The molecule has 0 atom stereocenters. The fraction of sp³-hybridized carbons (Fsp3) is 0. The highest BCUT2D eigenvalue weighted by Gasteiger charge is 2.07. The molecule has 3 rings (SSSR count). The van der Waals surface area contributed by atoms with Crippen molar-refractivity contribution in [3.8, 4) is 5.75 Å². The molecule has 2 nitrogen and oxygen atoms in total. The maximum atomic E-state index is 11.3. The molecule has 0 bridgehead atoms. The van der Waals surface area contributed by atoms with Crippen LogP contribution in [0, 0.1) is 0 Å². The van der Waals surface area contributed by atoms with Crippen molar-refractivity contribution in [2.75, 3.05) is 0 Å². The minimum absolute atomic E-state index is 0.444. The number of hydrogen-bond acceptors (Lipinski definition) is 2. The lowest BCUT2D eigenvalue weighted by atomic mass is 10.0. The van der Waals surface area contributed by atoms with Gasteiger partial charge in [-0.15, -0.1) is 0 Å². The quantitative estimate of drug-likeness (QED) is 0.295. The third-order valence-electron chi connectivity index (χ3n) is 3.12. The van der Waals surface area contributed by atoms with Crippen molar-refractivity contribution < 1.29 is 9.53 Å². The molecule has 0 spiro atoms. The molecule has 0 saturated carbocycles. The molecule has 92 valence electrons. The predicted octanol–water partition coefficient (Wildman–Crippen LogP) is 4.08. The van der Waals surface area contributed by atoms with Crippen molar-refractivity contribution in [3.63, 3.8) is 0 Å². The van der Waals surface area contributed by atoms with Crippen LogP contribution in [0.15, 0.2) is 67.3 Å². The minimum Gasteiger partial charge on any atom is -0.423 e. The van der Waals surface area contributed by atoms with E-state index in [9.17, 15) is 4.79 Å². The number of esters is 1. The summed E-state index contributed by atoms with van der Waals surface area (Å²) in [4.78, 5) is 11.3. The van der Waals surface area contributed by atoms with E-state index in [1.54, 1.807) is 6.07 Å². The Labute approximate surface area is 110 Å². The molecule has 0 aliphatic rings. The van der Waals surface area contributed by atoms with E-state index in [0.29, 0.717) is 5.75 Å². The summed E-state index contributed by atoms with van der Waals surface area (Å²) in [5, 5.41) is 4.32. The first-order chi connectivity index (χ1) is 9.29. The Morgan fingerprint density at radius 3 is 2.53 bits per heavy atom. The Hall–Kier alpha value is -2.61. The number of carbonyl (C=O) groups excluding carboxylic acids is 1. The van der Waals surface area contributed by atoms with Gasteiger partial charge in [0.1, 0.15) is 5.75 Å². The smallest absolute Gasteiger partial charge is 0.335 e. The summed E-state index contributed by atoms with van der Waals surface area (Å²) in [6.07, 6.45) is 1.17. The fourth-order valence-corrected chi connectivity index (χ4v) is 2.25. The molecular weight excluding hydrogens is 236 g/mol. The van der Waals surface area contributed by atoms with Gasteiger partial charge >= 0.3 is 5.97 Å². The van der Waals surface area contributed by atoms with Gasteiger partial charge in [0, 0.05) is 11.5 Å². The lowest BCUT2D eigenvalue weighted by Gasteiger charge is -2.08. The van der Waals surface area contributed by atoms with E-state index in [2.05, 4.69) is 18.7 Å². The molecule has 0 radical (unpaired) electrons. The summed E-state index contributed by atoms with van der Waals surface area (Å²) in [5.74, 6) is 0.119. The number of rotatable bonds is 2. The average molecular weight is 248 g/mol. The molecule has 0 fully saturated rings. The summed E-state index contributed by atoms with van der Waals surface area (Å²) in [7, 11) is 0. The van der Waals surface area contributed by atoms with Crippen LogP contribution in [-0.4, -0.2) is 5.97 Å². The summed E-state index contributed by atoms with van der Waals surface area (Å²) in [6, 6.07) is 17.9. The van der Waals surface area contributed by atoms with Crippen molar-refractivity contribution >= 4 is 27.5 Å². The van der Waals surface area contributed by atoms with Crippen LogP contribution in [0.4, 0.5) is 0 Å².